The Hall–Kier alpha value is -3.43. The van der Waals surface area contributed by atoms with Gasteiger partial charge in [0.1, 0.15) is 18.4 Å². The van der Waals surface area contributed by atoms with Crippen molar-refractivity contribution >= 4 is 39.1 Å². The van der Waals surface area contributed by atoms with E-state index >= 15 is 0 Å². The van der Waals surface area contributed by atoms with Crippen LogP contribution in [0.5, 0.6) is 0 Å². The fourth-order valence-corrected chi connectivity index (χ4v) is 5.48. The third kappa shape index (κ3) is 7.33. The monoisotopic (exact) mass is 559 g/mol. The Bertz CT molecular complexity index is 1330. The van der Waals surface area contributed by atoms with Crippen LogP contribution in [0.2, 0.25) is 5.02 Å². The highest BCUT2D eigenvalue weighted by molar-refractivity contribution is 7.92. The molecule has 0 aliphatic heterocycles. The SMILES string of the molecule is CCC(C(=O)NC(C)C)N(Cc1ccc(Cl)cc1)C(=O)CN(c1ccccc1)S(=O)(=O)c1ccc(F)cc1. The first-order valence-corrected chi connectivity index (χ1v) is 14.0. The van der Waals surface area contributed by atoms with Crippen LogP contribution in [0.15, 0.2) is 83.8 Å². The molecule has 7 nitrogen and oxygen atoms in total. The molecule has 0 spiro atoms. The van der Waals surface area contributed by atoms with E-state index in [0.717, 1.165) is 34.1 Å². The summed E-state index contributed by atoms with van der Waals surface area (Å²) in [5.74, 6) is -1.49. The molecule has 202 valence electrons. The molecule has 0 saturated heterocycles. The first kappa shape index (κ1) is 29.1. The number of nitrogens with one attached hydrogen (secondary N) is 1. The zero-order chi connectivity index (χ0) is 27.9. The van der Waals surface area contributed by atoms with Crippen LogP contribution >= 0.6 is 11.6 Å². The van der Waals surface area contributed by atoms with Gasteiger partial charge in [-0.15, -0.1) is 0 Å². The lowest BCUT2D eigenvalue weighted by Gasteiger charge is -2.33. The minimum Gasteiger partial charge on any atom is -0.352 e. The van der Waals surface area contributed by atoms with Gasteiger partial charge in [0.05, 0.1) is 10.6 Å². The number of hydrogen-bond donors (Lipinski definition) is 1. The number of amides is 2. The van der Waals surface area contributed by atoms with Gasteiger partial charge >= 0.3 is 0 Å². The zero-order valence-electron chi connectivity index (χ0n) is 21.5. The summed E-state index contributed by atoms with van der Waals surface area (Å²) in [6.45, 7) is 4.93. The smallest absolute Gasteiger partial charge is 0.264 e. The van der Waals surface area contributed by atoms with Gasteiger partial charge in [0.25, 0.3) is 10.0 Å². The molecular formula is C28H31ClFN3O4S. The van der Waals surface area contributed by atoms with Gasteiger partial charge < -0.3 is 10.2 Å². The average molecular weight is 560 g/mol. The van der Waals surface area contributed by atoms with Crippen molar-refractivity contribution in [1.29, 1.82) is 0 Å². The molecule has 3 rings (SSSR count). The summed E-state index contributed by atoms with van der Waals surface area (Å²) in [6.07, 6.45) is 0.313. The molecule has 1 atom stereocenters. The molecule has 0 bridgehead atoms. The maximum Gasteiger partial charge on any atom is 0.264 e. The Balaban J connectivity index is 2.03. The average Bonchev–Trinajstić information content (AvgIpc) is 2.88. The van der Waals surface area contributed by atoms with Crippen molar-refractivity contribution in [3.8, 4) is 0 Å². The van der Waals surface area contributed by atoms with Crippen LogP contribution in [0.1, 0.15) is 32.8 Å². The molecule has 3 aromatic carbocycles. The Morgan fingerprint density at radius 3 is 2.11 bits per heavy atom. The second-order valence-corrected chi connectivity index (χ2v) is 11.3. The van der Waals surface area contributed by atoms with Crippen molar-refractivity contribution in [2.45, 2.75) is 50.7 Å². The van der Waals surface area contributed by atoms with E-state index in [1.165, 1.54) is 4.90 Å². The predicted molar refractivity (Wildman–Crippen MR) is 147 cm³/mol. The number of benzene rings is 3. The van der Waals surface area contributed by atoms with E-state index in [9.17, 15) is 22.4 Å². The maximum atomic E-state index is 13.9. The second-order valence-electron chi connectivity index (χ2n) is 9.04. The summed E-state index contributed by atoms with van der Waals surface area (Å²) in [5.41, 5.74) is 0.988. The van der Waals surface area contributed by atoms with E-state index in [4.69, 9.17) is 11.6 Å². The fourth-order valence-electron chi connectivity index (χ4n) is 3.94. The number of halogens is 2. The standard InChI is InChI=1S/C28H31ClFN3O4S/c1-4-26(28(35)31-20(2)3)32(18-21-10-12-22(29)13-11-21)27(34)19-33(24-8-6-5-7-9-24)38(36,37)25-16-14-23(30)15-17-25/h5-17,20,26H,4,18-19H2,1-3H3,(H,31,35). The van der Waals surface area contributed by atoms with Gasteiger partial charge in [-0.25, -0.2) is 12.8 Å². The third-order valence-corrected chi connectivity index (χ3v) is 7.85. The van der Waals surface area contributed by atoms with Crippen LogP contribution in [0.4, 0.5) is 10.1 Å². The zero-order valence-corrected chi connectivity index (χ0v) is 23.0. The molecule has 0 fully saturated rings. The van der Waals surface area contributed by atoms with Crippen LogP contribution in [-0.4, -0.2) is 43.8 Å². The minimum absolute atomic E-state index is 0.0687. The highest BCUT2D eigenvalue weighted by Gasteiger charge is 2.33. The topological polar surface area (TPSA) is 86.8 Å². The lowest BCUT2D eigenvalue weighted by atomic mass is 10.1. The van der Waals surface area contributed by atoms with E-state index in [-0.39, 0.29) is 29.1 Å². The Morgan fingerprint density at radius 2 is 1.55 bits per heavy atom. The molecule has 0 heterocycles. The van der Waals surface area contributed by atoms with Gasteiger partial charge in [-0.1, -0.05) is 48.9 Å². The summed E-state index contributed by atoms with van der Waals surface area (Å²) in [6, 6.07) is 18.5. The van der Waals surface area contributed by atoms with Crippen molar-refractivity contribution in [3.05, 3.63) is 95.3 Å². The lowest BCUT2D eigenvalue weighted by molar-refractivity contribution is -0.140. The van der Waals surface area contributed by atoms with Gasteiger partial charge in [0.15, 0.2) is 0 Å². The van der Waals surface area contributed by atoms with Crippen molar-refractivity contribution < 1.29 is 22.4 Å². The molecule has 0 aliphatic carbocycles. The fraction of sp³-hybridized carbons (Fsp3) is 0.286. The Labute approximate surface area is 228 Å². The van der Waals surface area contributed by atoms with E-state index in [2.05, 4.69) is 5.32 Å². The van der Waals surface area contributed by atoms with Crippen molar-refractivity contribution in [2.75, 3.05) is 10.8 Å². The molecule has 1 N–H and O–H groups in total. The Morgan fingerprint density at radius 1 is 0.947 bits per heavy atom. The van der Waals surface area contributed by atoms with Crippen LogP contribution in [0, 0.1) is 5.82 Å². The van der Waals surface area contributed by atoms with Crippen molar-refractivity contribution in [2.24, 2.45) is 0 Å². The molecule has 1 unspecified atom stereocenters. The molecule has 2 amide bonds. The van der Waals surface area contributed by atoms with Crippen LogP contribution in [0.25, 0.3) is 0 Å². The molecule has 10 heteroatoms. The van der Waals surface area contributed by atoms with Gasteiger partial charge in [0.2, 0.25) is 11.8 Å². The highest BCUT2D eigenvalue weighted by Crippen LogP contribution is 2.25. The van der Waals surface area contributed by atoms with Crippen LogP contribution in [0.3, 0.4) is 0 Å². The van der Waals surface area contributed by atoms with E-state index in [1.54, 1.807) is 61.5 Å². The number of carbonyl (C=O) groups is 2. The number of para-hydroxylation sites is 1. The Kier molecular flexibility index (Phi) is 9.88. The van der Waals surface area contributed by atoms with Crippen molar-refractivity contribution in [3.63, 3.8) is 0 Å². The molecule has 0 aromatic heterocycles. The van der Waals surface area contributed by atoms with Crippen molar-refractivity contribution in [1.82, 2.24) is 10.2 Å². The summed E-state index contributed by atoms with van der Waals surface area (Å²) in [7, 11) is -4.25. The lowest BCUT2D eigenvalue weighted by Crippen LogP contribution is -2.53. The van der Waals surface area contributed by atoms with Gasteiger partial charge in [-0.2, -0.15) is 0 Å². The number of anilines is 1. The van der Waals surface area contributed by atoms with Crippen LogP contribution in [-0.2, 0) is 26.2 Å². The largest absolute Gasteiger partial charge is 0.352 e. The number of carbonyl (C=O) groups excluding carboxylic acids is 2. The van der Waals surface area contributed by atoms with Gasteiger partial charge in [-0.05, 0) is 74.4 Å². The van der Waals surface area contributed by atoms with E-state index < -0.39 is 34.3 Å². The third-order valence-electron chi connectivity index (χ3n) is 5.81. The molecule has 3 aromatic rings. The number of nitrogens with zero attached hydrogens (tertiary/aromatic N) is 2. The predicted octanol–water partition coefficient (Wildman–Crippen LogP) is 5.01. The summed E-state index contributed by atoms with van der Waals surface area (Å²) < 4.78 is 41.8. The number of sulfonamides is 1. The minimum atomic E-state index is -4.25. The van der Waals surface area contributed by atoms with Gasteiger partial charge in [0, 0.05) is 17.6 Å². The summed E-state index contributed by atoms with van der Waals surface area (Å²) in [5, 5.41) is 3.37. The second kappa shape index (κ2) is 12.9. The molecule has 38 heavy (non-hydrogen) atoms. The van der Waals surface area contributed by atoms with E-state index in [1.807, 2.05) is 13.8 Å². The number of rotatable bonds is 11. The van der Waals surface area contributed by atoms with Crippen LogP contribution < -0.4 is 9.62 Å². The first-order chi connectivity index (χ1) is 18.0. The van der Waals surface area contributed by atoms with E-state index in [0.29, 0.717) is 11.4 Å². The molecular weight excluding hydrogens is 529 g/mol. The maximum absolute atomic E-state index is 13.9. The normalized spacial score (nSPS) is 12.2. The van der Waals surface area contributed by atoms with Gasteiger partial charge in [-0.3, -0.25) is 13.9 Å². The first-order valence-electron chi connectivity index (χ1n) is 12.2. The molecule has 0 saturated carbocycles. The summed E-state index contributed by atoms with van der Waals surface area (Å²) >= 11 is 6.02. The molecule has 0 aliphatic rings. The quantitative estimate of drug-likeness (QED) is 0.358. The molecule has 0 radical (unpaired) electrons. The summed E-state index contributed by atoms with van der Waals surface area (Å²) in [4.78, 5) is 28.2. The number of hydrogen-bond acceptors (Lipinski definition) is 4. The highest BCUT2D eigenvalue weighted by atomic mass is 35.5.